The molecule has 1 aliphatic rings. The number of imide groups is 1. The molecule has 0 aliphatic carbocycles. The lowest BCUT2D eigenvalue weighted by Gasteiger charge is -2.14. The zero-order chi connectivity index (χ0) is 25.7. The molecular formula is C26H20BrFN2O5S. The number of hydrogen-bond acceptors (Lipinski definition) is 6. The molecule has 184 valence electrons. The Morgan fingerprint density at radius 2 is 1.83 bits per heavy atom. The average molecular weight is 571 g/mol. The molecule has 10 heteroatoms. The van der Waals surface area contributed by atoms with E-state index in [4.69, 9.17) is 9.47 Å². The summed E-state index contributed by atoms with van der Waals surface area (Å²) in [5.41, 5.74) is 1.93. The number of thioether (sulfide) groups is 1. The molecule has 1 heterocycles. The SMILES string of the molecule is COc1ccccc1NC(=O)CN1C(=O)S/C(=C\c2ccc(OCc3ccc(F)cc3)c(Br)c2)C1=O. The van der Waals surface area contributed by atoms with Gasteiger partial charge in [-0.1, -0.05) is 30.3 Å². The first-order valence-corrected chi connectivity index (χ1v) is 12.3. The summed E-state index contributed by atoms with van der Waals surface area (Å²) in [5, 5.41) is 2.13. The Hall–Kier alpha value is -3.63. The van der Waals surface area contributed by atoms with Gasteiger partial charge in [0.2, 0.25) is 5.91 Å². The highest BCUT2D eigenvalue weighted by Crippen LogP contribution is 2.34. The third-order valence-electron chi connectivity index (χ3n) is 5.12. The summed E-state index contributed by atoms with van der Waals surface area (Å²) in [6.45, 7) is -0.159. The Bertz CT molecular complexity index is 1350. The van der Waals surface area contributed by atoms with Crippen LogP contribution in [0.25, 0.3) is 6.08 Å². The molecule has 3 aromatic rings. The molecule has 0 aromatic heterocycles. The van der Waals surface area contributed by atoms with E-state index >= 15 is 0 Å². The van der Waals surface area contributed by atoms with Crippen LogP contribution < -0.4 is 14.8 Å². The van der Waals surface area contributed by atoms with Crippen LogP contribution in [0.15, 0.2) is 76.1 Å². The Morgan fingerprint density at radius 3 is 2.56 bits per heavy atom. The number of carbonyl (C=O) groups excluding carboxylic acids is 3. The molecule has 1 fully saturated rings. The minimum absolute atomic E-state index is 0.206. The van der Waals surface area contributed by atoms with Gasteiger partial charge >= 0.3 is 0 Å². The average Bonchev–Trinajstić information content (AvgIpc) is 3.12. The first-order chi connectivity index (χ1) is 17.3. The van der Waals surface area contributed by atoms with Crippen LogP contribution in [0, 0.1) is 5.82 Å². The van der Waals surface area contributed by atoms with Gasteiger partial charge < -0.3 is 14.8 Å². The maximum absolute atomic E-state index is 13.1. The smallest absolute Gasteiger partial charge is 0.294 e. The van der Waals surface area contributed by atoms with Crippen molar-refractivity contribution in [1.29, 1.82) is 0 Å². The minimum Gasteiger partial charge on any atom is -0.495 e. The molecule has 7 nitrogen and oxygen atoms in total. The molecule has 1 N–H and O–H groups in total. The van der Waals surface area contributed by atoms with E-state index < -0.39 is 23.6 Å². The van der Waals surface area contributed by atoms with Crippen LogP contribution in [0.3, 0.4) is 0 Å². The molecular weight excluding hydrogens is 551 g/mol. The monoisotopic (exact) mass is 570 g/mol. The number of amides is 3. The number of carbonyl (C=O) groups is 3. The van der Waals surface area contributed by atoms with E-state index in [9.17, 15) is 18.8 Å². The largest absolute Gasteiger partial charge is 0.495 e. The Balaban J connectivity index is 1.40. The van der Waals surface area contributed by atoms with Gasteiger partial charge in [-0.2, -0.15) is 0 Å². The molecule has 0 radical (unpaired) electrons. The van der Waals surface area contributed by atoms with Crippen LogP contribution in [0.5, 0.6) is 11.5 Å². The van der Waals surface area contributed by atoms with Crippen molar-refractivity contribution in [1.82, 2.24) is 4.90 Å². The van der Waals surface area contributed by atoms with Crippen LogP contribution in [0.1, 0.15) is 11.1 Å². The van der Waals surface area contributed by atoms with Gasteiger partial charge in [0.05, 0.1) is 22.2 Å². The molecule has 4 rings (SSSR count). The Morgan fingerprint density at radius 1 is 1.08 bits per heavy atom. The van der Waals surface area contributed by atoms with Gasteiger partial charge in [-0.15, -0.1) is 0 Å². The zero-order valence-electron chi connectivity index (χ0n) is 19.0. The van der Waals surface area contributed by atoms with Crippen molar-refractivity contribution in [3.63, 3.8) is 0 Å². The standard InChI is InChI=1S/C26H20BrFN2O5S/c1-34-22-5-3-2-4-20(22)29-24(31)14-30-25(32)23(36-26(30)33)13-17-8-11-21(19(27)12-17)35-15-16-6-9-18(28)10-7-16/h2-13H,14-15H2,1H3,(H,29,31)/b23-13-. The number of para-hydroxylation sites is 2. The predicted molar refractivity (Wildman–Crippen MR) is 139 cm³/mol. The van der Waals surface area contributed by atoms with Gasteiger partial charge in [0.15, 0.2) is 0 Å². The number of hydrogen-bond donors (Lipinski definition) is 1. The number of halogens is 2. The van der Waals surface area contributed by atoms with Crippen molar-refractivity contribution in [2.75, 3.05) is 19.0 Å². The van der Waals surface area contributed by atoms with E-state index in [-0.39, 0.29) is 17.3 Å². The maximum atomic E-state index is 13.1. The van der Waals surface area contributed by atoms with E-state index in [1.807, 2.05) is 0 Å². The van der Waals surface area contributed by atoms with Crippen LogP contribution in [-0.2, 0) is 16.2 Å². The van der Waals surface area contributed by atoms with Crippen molar-refractivity contribution < 1.29 is 28.2 Å². The molecule has 0 unspecified atom stereocenters. The van der Waals surface area contributed by atoms with Gasteiger partial charge in [-0.3, -0.25) is 19.3 Å². The molecule has 1 saturated heterocycles. The topological polar surface area (TPSA) is 84.9 Å². The molecule has 3 amide bonds. The fourth-order valence-corrected chi connectivity index (χ4v) is 4.68. The lowest BCUT2D eigenvalue weighted by Crippen LogP contribution is -2.36. The number of anilines is 1. The third-order valence-corrected chi connectivity index (χ3v) is 6.64. The highest BCUT2D eigenvalue weighted by atomic mass is 79.9. The normalized spacial score (nSPS) is 14.3. The Kier molecular flexibility index (Phi) is 8.07. The van der Waals surface area contributed by atoms with Gasteiger partial charge in [-0.25, -0.2) is 4.39 Å². The molecule has 0 atom stereocenters. The summed E-state index contributed by atoms with van der Waals surface area (Å²) in [7, 11) is 1.48. The van der Waals surface area contributed by atoms with E-state index in [2.05, 4.69) is 21.2 Å². The van der Waals surface area contributed by atoms with Crippen LogP contribution in [0.4, 0.5) is 14.9 Å². The van der Waals surface area contributed by atoms with E-state index in [0.29, 0.717) is 27.2 Å². The molecule has 1 aliphatic heterocycles. The van der Waals surface area contributed by atoms with Crippen molar-refractivity contribution >= 4 is 56.5 Å². The number of rotatable bonds is 8. The number of benzene rings is 3. The summed E-state index contributed by atoms with van der Waals surface area (Å²) in [4.78, 5) is 38.8. The lowest BCUT2D eigenvalue weighted by molar-refractivity contribution is -0.127. The van der Waals surface area contributed by atoms with Crippen molar-refractivity contribution in [2.24, 2.45) is 0 Å². The summed E-state index contributed by atoms with van der Waals surface area (Å²) in [6, 6.07) is 18.1. The van der Waals surface area contributed by atoms with Crippen molar-refractivity contribution in [3.8, 4) is 11.5 Å². The summed E-state index contributed by atoms with van der Waals surface area (Å²) >= 11 is 4.22. The predicted octanol–water partition coefficient (Wildman–Crippen LogP) is 5.85. The summed E-state index contributed by atoms with van der Waals surface area (Å²) in [6.07, 6.45) is 1.58. The van der Waals surface area contributed by atoms with Gasteiger partial charge in [0, 0.05) is 0 Å². The van der Waals surface area contributed by atoms with E-state index in [1.54, 1.807) is 60.7 Å². The first-order valence-electron chi connectivity index (χ1n) is 10.7. The lowest BCUT2D eigenvalue weighted by atomic mass is 10.2. The Labute approximate surface area is 219 Å². The number of nitrogens with one attached hydrogen (secondary N) is 1. The number of methoxy groups -OCH3 is 1. The zero-order valence-corrected chi connectivity index (χ0v) is 21.4. The van der Waals surface area contributed by atoms with Crippen LogP contribution in [-0.4, -0.2) is 35.6 Å². The van der Waals surface area contributed by atoms with Crippen LogP contribution in [0.2, 0.25) is 0 Å². The fraction of sp³-hybridized carbons (Fsp3) is 0.115. The molecule has 0 saturated carbocycles. The van der Waals surface area contributed by atoms with Crippen LogP contribution >= 0.6 is 27.7 Å². The first kappa shape index (κ1) is 25.5. The molecule has 0 spiro atoms. The van der Waals surface area contributed by atoms with Crippen molar-refractivity contribution in [3.05, 3.63) is 93.1 Å². The molecule has 36 heavy (non-hydrogen) atoms. The second-order valence-corrected chi connectivity index (χ2v) is 9.47. The van der Waals surface area contributed by atoms with Crippen molar-refractivity contribution in [2.45, 2.75) is 6.61 Å². The van der Waals surface area contributed by atoms with E-state index in [1.165, 1.54) is 19.2 Å². The number of ether oxygens (including phenoxy) is 2. The molecule has 0 bridgehead atoms. The summed E-state index contributed by atoms with van der Waals surface area (Å²) in [5.74, 6) is -0.347. The number of nitrogens with zero attached hydrogens (tertiary/aromatic N) is 1. The fourth-order valence-electron chi connectivity index (χ4n) is 3.33. The highest BCUT2D eigenvalue weighted by molar-refractivity contribution is 9.10. The second-order valence-electron chi connectivity index (χ2n) is 7.62. The van der Waals surface area contributed by atoms with Gasteiger partial charge in [0.25, 0.3) is 11.1 Å². The molecule has 3 aromatic carbocycles. The highest BCUT2D eigenvalue weighted by Gasteiger charge is 2.36. The quantitative estimate of drug-likeness (QED) is 0.342. The second kappa shape index (κ2) is 11.4. The maximum Gasteiger partial charge on any atom is 0.294 e. The van der Waals surface area contributed by atoms with E-state index in [0.717, 1.165) is 22.2 Å². The van der Waals surface area contributed by atoms with Gasteiger partial charge in [0.1, 0.15) is 30.5 Å². The minimum atomic E-state index is -0.548. The third kappa shape index (κ3) is 6.13. The summed E-state index contributed by atoms with van der Waals surface area (Å²) < 4.78 is 24.7. The van der Waals surface area contributed by atoms with Gasteiger partial charge in [-0.05, 0) is 81.3 Å².